The van der Waals surface area contributed by atoms with E-state index in [0.717, 1.165) is 37.2 Å². The van der Waals surface area contributed by atoms with Crippen LogP contribution in [0, 0.1) is 6.92 Å². The molecule has 1 heterocycles. The minimum atomic E-state index is -0.707. The Bertz CT molecular complexity index is 409. The van der Waals surface area contributed by atoms with Crippen LogP contribution in [0.15, 0.2) is 0 Å². The molecule has 1 aliphatic carbocycles. The molecule has 0 amide bonds. The molecule has 1 aromatic heterocycles. The number of carboxylic acids is 1. The Labute approximate surface area is 95.3 Å². The predicted molar refractivity (Wildman–Crippen MR) is 60.6 cm³/mol. The molecular weight excluding hydrogens is 204 g/mol. The highest BCUT2D eigenvalue weighted by atomic mass is 16.4. The van der Waals surface area contributed by atoms with Gasteiger partial charge in [0.15, 0.2) is 0 Å². The zero-order valence-electron chi connectivity index (χ0n) is 9.86. The third-order valence-corrected chi connectivity index (χ3v) is 3.42. The largest absolute Gasteiger partial charge is 0.481 e. The number of carbonyl (C=O) groups is 1. The first kappa shape index (κ1) is 11.2. The molecule has 88 valence electrons. The first-order chi connectivity index (χ1) is 7.63. The third kappa shape index (κ3) is 1.84. The van der Waals surface area contributed by atoms with Gasteiger partial charge in [0.1, 0.15) is 0 Å². The number of fused-ring (bicyclic) bond motifs is 1. The summed E-state index contributed by atoms with van der Waals surface area (Å²) in [7, 11) is 0. The molecule has 16 heavy (non-hydrogen) atoms. The number of nitrogens with zero attached hydrogens (tertiary/aromatic N) is 2. The van der Waals surface area contributed by atoms with Crippen molar-refractivity contribution < 1.29 is 9.90 Å². The quantitative estimate of drug-likeness (QED) is 0.852. The summed E-state index contributed by atoms with van der Waals surface area (Å²) in [5.41, 5.74) is 3.48. The first-order valence-electron chi connectivity index (χ1n) is 5.91. The number of aromatic nitrogens is 2. The summed E-state index contributed by atoms with van der Waals surface area (Å²) in [5.74, 6) is -0.539. The average molecular weight is 222 g/mol. The van der Waals surface area contributed by atoms with Crippen LogP contribution in [-0.4, -0.2) is 20.9 Å². The lowest BCUT2D eigenvalue weighted by Crippen LogP contribution is -2.13. The summed E-state index contributed by atoms with van der Waals surface area (Å²) in [6, 6.07) is 0. The molecule has 0 aliphatic heterocycles. The highest BCUT2D eigenvalue weighted by Gasteiger charge is 2.27. The Balaban J connectivity index is 2.36. The van der Waals surface area contributed by atoms with E-state index in [2.05, 4.69) is 18.9 Å². The number of hydrogen-bond acceptors (Lipinski definition) is 2. The molecule has 0 fully saturated rings. The molecule has 1 N–H and O–H groups in total. The van der Waals surface area contributed by atoms with Crippen LogP contribution in [0.25, 0.3) is 0 Å². The van der Waals surface area contributed by atoms with Gasteiger partial charge in [0.2, 0.25) is 0 Å². The van der Waals surface area contributed by atoms with Crippen LogP contribution in [0.5, 0.6) is 0 Å². The predicted octanol–water partition coefficient (Wildman–Crippen LogP) is 2.11. The van der Waals surface area contributed by atoms with E-state index in [-0.39, 0.29) is 12.3 Å². The number of rotatable bonds is 3. The van der Waals surface area contributed by atoms with Crippen LogP contribution in [0.4, 0.5) is 0 Å². The molecule has 0 bridgehead atoms. The fourth-order valence-corrected chi connectivity index (χ4v) is 2.72. The van der Waals surface area contributed by atoms with Gasteiger partial charge >= 0.3 is 5.97 Å². The highest BCUT2D eigenvalue weighted by molar-refractivity contribution is 5.68. The minimum Gasteiger partial charge on any atom is -0.481 e. The SMILES string of the molecule is CCn1nc2c(c1C)C(CC(=O)O)CCC2. The van der Waals surface area contributed by atoms with Crippen molar-refractivity contribution >= 4 is 5.97 Å². The number of carboxylic acid groups (broad SMARTS) is 1. The molecule has 0 saturated carbocycles. The van der Waals surface area contributed by atoms with E-state index in [1.807, 2.05) is 4.68 Å². The van der Waals surface area contributed by atoms with Crippen molar-refractivity contribution in [2.75, 3.05) is 0 Å². The van der Waals surface area contributed by atoms with Crippen molar-refractivity contribution in [1.29, 1.82) is 0 Å². The van der Waals surface area contributed by atoms with Gasteiger partial charge in [0.25, 0.3) is 0 Å². The lowest BCUT2D eigenvalue weighted by molar-refractivity contribution is -0.137. The Hall–Kier alpha value is -1.32. The van der Waals surface area contributed by atoms with E-state index >= 15 is 0 Å². The van der Waals surface area contributed by atoms with Crippen LogP contribution in [0.1, 0.15) is 49.1 Å². The fraction of sp³-hybridized carbons (Fsp3) is 0.667. The standard InChI is InChI=1S/C12H18N2O2/c1-3-14-8(2)12-9(7-11(15)16)5-4-6-10(12)13-14/h9H,3-7H2,1-2H3,(H,15,16). The van der Waals surface area contributed by atoms with Gasteiger partial charge in [-0.2, -0.15) is 5.10 Å². The lowest BCUT2D eigenvalue weighted by atomic mass is 9.83. The van der Waals surface area contributed by atoms with E-state index in [1.165, 1.54) is 5.56 Å². The van der Waals surface area contributed by atoms with Gasteiger partial charge in [-0.05, 0) is 44.6 Å². The molecule has 0 radical (unpaired) electrons. The van der Waals surface area contributed by atoms with Crippen LogP contribution in [-0.2, 0) is 17.8 Å². The second kappa shape index (κ2) is 4.28. The van der Waals surface area contributed by atoms with Crippen LogP contribution in [0.3, 0.4) is 0 Å². The maximum absolute atomic E-state index is 10.8. The molecular formula is C12H18N2O2. The van der Waals surface area contributed by atoms with Gasteiger partial charge < -0.3 is 5.11 Å². The van der Waals surface area contributed by atoms with Crippen LogP contribution in [0.2, 0.25) is 0 Å². The van der Waals surface area contributed by atoms with E-state index in [9.17, 15) is 4.79 Å². The van der Waals surface area contributed by atoms with Crippen molar-refractivity contribution in [3.63, 3.8) is 0 Å². The third-order valence-electron chi connectivity index (χ3n) is 3.42. The van der Waals surface area contributed by atoms with Crippen molar-refractivity contribution in [3.8, 4) is 0 Å². The zero-order valence-corrected chi connectivity index (χ0v) is 9.86. The monoisotopic (exact) mass is 222 g/mol. The summed E-state index contributed by atoms with van der Waals surface area (Å²) in [4.78, 5) is 10.8. The van der Waals surface area contributed by atoms with Crippen LogP contribution < -0.4 is 0 Å². The van der Waals surface area contributed by atoms with E-state index in [4.69, 9.17) is 5.11 Å². The van der Waals surface area contributed by atoms with Crippen LogP contribution >= 0.6 is 0 Å². The molecule has 0 saturated heterocycles. The summed E-state index contributed by atoms with van der Waals surface area (Å²) < 4.78 is 1.99. The molecule has 4 nitrogen and oxygen atoms in total. The molecule has 4 heteroatoms. The molecule has 2 rings (SSSR count). The van der Waals surface area contributed by atoms with Gasteiger partial charge in [-0.1, -0.05) is 0 Å². The maximum Gasteiger partial charge on any atom is 0.303 e. The van der Waals surface area contributed by atoms with Gasteiger partial charge in [-0.3, -0.25) is 9.48 Å². The normalized spacial score (nSPS) is 19.5. The van der Waals surface area contributed by atoms with Crippen molar-refractivity contribution in [2.24, 2.45) is 0 Å². The Kier molecular flexibility index (Phi) is 2.99. The summed E-state index contributed by atoms with van der Waals surface area (Å²) >= 11 is 0. The number of aliphatic carboxylic acids is 1. The van der Waals surface area contributed by atoms with Crippen molar-refractivity contribution in [1.82, 2.24) is 9.78 Å². The summed E-state index contributed by atoms with van der Waals surface area (Å²) in [6.07, 6.45) is 3.28. The maximum atomic E-state index is 10.8. The topological polar surface area (TPSA) is 55.1 Å². The second-order valence-corrected chi connectivity index (χ2v) is 4.45. The van der Waals surface area contributed by atoms with Gasteiger partial charge in [-0.15, -0.1) is 0 Å². The highest BCUT2D eigenvalue weighted by Crippen LogP contribution is 2.35. The van der Waals surface area contributed by atoms with Crippen molar-refractivity contribution in [2.45, 2.75) is 52.0 Å². The Morgan fingerprint density at radius 3 is 3.00 bits per heavy atom. The van der Waals surface area contributed by atoms with E-state index < -0.39 is 5.97 Å². The van der Waals surface area contributed by atoms with Gasteiger partial charge in [0.05, 0.1) is 12.1 Å². The molecule has 1 atom stereocenters. The average Bonchev–Trinajstić information content (AvgIpc) is 2.56. The smallest absolute Gasteiger partial charge is 0.303 e. The summed E-state index contributed by atoms with van der Waals surface area (Å²) in [6.45, 7) is 4.98. The second-order valence-electron chi connectivity index (χ2n) is 4.45. The molecule has 1 aromatic rings. The fourth-order valence-electron chi connectivity index (χ4n) is 2.72. The molecule has 1 aliphatic rings. The van der Waals surface area contributed by atoms with E-state index in [1.54, 1.807) is 0 Å². The zero-order chi connectivity index (χ0) is 11.7. The molecule has 0 aromatic carbocycles. The Morgan fingerprint density at radius 1 is 1.62 bits per heavy atom. The lowest BCUT2D eigenvalue weighted by Gasteiger charge is -2.20. The number of hydrogen-bond donors (Lipinski definition) is 1. The Morgan fingerprint density at radius 2 is 2.38 bits per heavy atom. The minimum absolute atomic E-state index is 0.168. The van der Waals surface area contributed by atoms with Gasteiger partial charge in [0, 0.05) is 12.2 Å². The first-order valence-corrected chi connectivity index (χ1v) is 5.91. The molecule has 1 unspecified atom stereocenters. The van der Waals surface area contributed by atoms with E-state index in [0.29, 0.717) is 0 Å². The number of aryl methyl sites for hydroxylation is 2. The van der Waals surface area contributed by atoms with Gasteiger partial charge in [-0.25, -0.2) is 0 Å². The molecule has 0 spiro atoms. The van der Waals surface area contributed by atoms with Crippen molar-refractivity contribution in [3.05, 3.63) is 17.0 Å². The summed E-state index contributed by atoms with van der Waals surface area (Å²) in [5, 5.41) is 13.5.